The molecular weight excluding hydrogens is 584 g/mol. The zero-order valence-corrected chi connectivity index (χ0v) is 23.2. The summed E-state index contributed by atoms with van der Waals surface area (Å²) in [6, 6.07) is 9.78. The Morgan fingerprint density at radius 2 is 1.84 bits per heavy atom. The molecule has 194 valence electrons. The lowest BCUT2D eigenvalue weighted by atomic mass is 9.78. The molecule has 1 heterocycles. The predicted octanol–water partition coefficient (Wildman–Crippen LogP) is 5.81. The minimum Gasteiger partial charge on any atom is -0.491 e. The summed E-state index contributed by atoms with van der Waals surface area (Å²) < 4.78 is 10.3. The number of rotatable bonds is 8. The van der Waals surface area contributed by atoms with Gasteiger partial charge in [0.2, 0.25) is 11.8 Å². The monoisotopic (exact) mass is 601 g/mol. The number of nitriles is 1. The van der Waals surface area contributed by atoms with E-state index in [1.165, 1.54) is 12.1 Å². The fourth-order valence-corrected chi connectivity index (χ4v) is 5.45. The van der Waals surface area contributed by atoms with Gasteiger partial charge in [-0.15, -0.1) is 0 Å². The summed E-state index contributed by atoms with van der Waals surface area (Å²) in [5.74, 6) is -4.46. The molecule has 8 nitrogen and oxygen atoms in total. The molecule has 13 heteroatoms. The van der Waals surface area contributed by atoms with Gasteiger partial charge in [-0.2, -0.15) is 5.26 Å². The second-order valence-corrected chi connectivity index (χ2v) is 10.1. The van der Waals surface area contributed by atoms with Gasteiger partial charge in [0.15, 0.2) is 5.75 Å². The van der Waals surface area contributed by atoms with E-state index < -0.39 is 29.6 Å². The number of carbonyl (C=O) groups is 3. The number of esters is 1. The molecule has 0 saturated heterocycles. The number of hydrogen-bond acceptors (Lipinski definition) is 7. The SMILES string of the molecule is CCOc1c(Cl)cc([C@H]2C(C#N)=C(SCC(=O)Nc3cccc(Cl)c3Cl)NC(=O)[C@@H]2C(=O)OC)cc1Cl. The molecule has 0 fully saturated rings. The Morgan fingerprint density at radius 1 is 1.16 bits per heavy atom. The standard InChI is InChI=1S/C24H19Cl4N3O5S/c1-3-36-21-14(26)7-11(8-15(21)27)18-12(9-29)23(31-22(33)19(18)24(34)35-2)37-10-17(32)30-16-6-4-5-13(25)20(16)28/h4-8,18-19H,3,10H2,1-2H3,(H,30,32)(H,31,33)/t18-,19+/m0/s1. The van der Waals surface area contributed by atoms with Crippen LogP contribution in [0.25, 0.3) is 0 Å². The van der Waals surface area contributed by atoms with Crippen molar-refractivity contribution in [2.45, 2.75) is 12.8 Å². The van der Waals surface area contributed by atoms with Crippen LogP contribution in [0.4, 0.5) is 5.69 Å². The highest BCUT2D eigenvalue weighted by Crippen LogP contribution is 2.44. The van der Waals surface area contributed by atoms with Crippen LogP contribution in [-0.2, 0) is 19.1 Å². The van der Waals surface area contributed by atoms with Gasteiger partial charge in [0.1, 0.15) is 5.92 Å². The van der Waals surface area contributed by atoms with Crippen LogP contribution >= 0.6 is 58.2 Å². The lowest BCUT2D eigenvalue weighted by Gasteiger charge is -2.31. The highest BCUT2D eigenvalue weighted by Gasteiger charge is 2.44. The second-order valence-electron chi connectivity index (χ2n) is 7.51. The molecule has 0 spiro atoms. The summed E-state index contributed by atoms with van der Waals surface area (Å²) in [5, 5.41) is 16.1. The van der Waals surface area contributed by atoms with Gasteiger partial charge in [0, 0.05) is 5.92 Å². The third-order valence-electron chi connectivity index (χ3n) is 5.23. The summed E-state index contributed by atoms with van der Waals surface area (Å²) in [5.41, 5.74) is 0.669. The third-order valence-corrected chi connectivity index (χ3v) is 7.62. The van der Waals surface area contributed by atoms with E-state index in [-0.39, 0.29) is 42.2 Å². The van der Waals surface area contributed by atoms with Crippen LogP contribution in [0.15, 0.2) is 40.9 Å². The van der Waals surface area contributed by atoms with E-state index >= 15 is 0 Å². The summed E-state index contributed by atoms with van der Waals surface area (Å²) in [4.78, 5) is 38.2. The molecular formula is C24H19Cl4N3O5S. The maximum Gasteiger partial charge on any atom is 0.319 e. The molecule has 0 bridgehead atoms. The van der Waals surface area contributed by atoms with Crippen molar-refractivity contribution in [1.29, 1.82) is 5.26 Å². The first-order valence-corrected chi connectivity index (χ1v) is 13.1. The summed E-state index contributed by atoms with van der Waals surface area (Å²) in [6.07, 6.45) is 0. The Morgan fingerprint density at radius 3 is 2.43 bits per heavy atom. The van der Waals surface area contributed by atoms with Gasteiger partial charge >= 0.3 is 5.97 Å². The van der Waals surface area contributed by atoms with E-state index in [1.807, 2.05) is 6.07 Å². The van der Waals surface area contributed by atoms with Crippen molar-refractivity contribution in [2.75, 3.05) is 24.8 Å². The summed E-state index contributed by atoms with van der Waals surface area (Å²) in [7, 11) is 1.14. The molecule has 2 N–H and O–H groups in total. The van der Waals surface area contributed by atoms with E-state index in [9.17, 15) is 19.6 Å². The number of thioether (sulfide) groups is 1. The quantitative estimate of drug-likeness (QED) is 0.289. The summed E-state index contributed by atoms with van der Waals surface area (Å²) in [6.45, 7) is 2.07. The van der Waals surface area contributed by atoms with Crippen molar-refractivity contribution in [3.05, 3.63) is 66.6 Å². The molecule has 0 aromatic heterocycles. The van der Waals surface area contributed by atoms with Crippen LogP contribution in [-0.4, -0.2) is 37.3 Å². The highest BCUT2D eigenvalue weighted by atomic mass is 35.5. The van der Waals surface area contributed by atoms with Gasteiger partial charge in [0.25, 0.3) is 0 Å². The van der Waals surface area contributed by atoms with Crippen LogP contribution in [0.2, 0.25) is 20.1 Å². The minimum atomic E-state index is -1.40. The van der Waals surface area contributed by atoms with Crippen molar-refractivity contribution >= 4 is 81.6 Å². The maximum absolute atomic E-state index is 13.0. The lowest BCUT2D eigenvalue weighted by Crippen LogP contribution is -2.44. The normalized spacial score (nSPS) is 17.1. The number of nitrogens with one attached hydrogen (secondary N) is 2. The van der Waals surface area contributed by atoms with Gasteiger partial charge in [0.05, 0.1) is 61.9 Å². The van der Waals surface area contributed by atoms with Crippen LogP contribution in [0, 0.1) is 17.2 Å². The Bertz CT molecular complexity index is 1300. The van der Waals surface area contributed by atoms with E-state index in [1.54, 1.807) is 25.1 Å². The fraction of sp³-hybridized carbons (Fsp3) is 0.250. The Balaban J connectivity index is 1.97. The molecule has 2 atom stereocenters. The number of ether oxygens (including phenoxy) is 2. The molecule has 37 heavy (non-hydrogen) atoms. The number of carbonyl (C=O) groups excluding carboxylic acids is 3. The lowest BCUT2D eigenvalue weighted by molar-refractivity contribution is -0.150. The second kappa shape index (κ2) is 12.8. The number of amides is 2. The van der Waals surface area contributed by atoms with E-state index in [0.717, 1.165) is 18.9 Å². The topological polar surface area (TPSA) is 118 Å². The maximum atomic E-state index is 13.0. The van der Waals surface area contributed by atoms with Crippen molar-refractivity contribution in [3.63, 3.8) is 0 Å². The molecule has 0 saturated carbocycles. The molecule has 1 aliphatic rings. The van der Waals surface area contributed by atoms with Crippen LogP contribution in [0.1, 0.15) is 18.4 Å². The summed E-state index contributed by atoms with van der Waals surface area (Å²) >= 11 is 25.7. The number of nitrogens with zero attached hydrogens (tertiary/aromatic N) is 1. The number of methoxy groups -OCH3 is 1. The van der Waals surface area contributed by atoms with Crippen molar-refractivity contribution in [1.82, 2.24) is 5.32 Å². The fourth-order valence-electron chi connectivity index (χ4n) is 3.65. The number of anilines is 1. The molecule has 0 radical (unpaired) electrons. The first-order valence-electron chi connectivity index (χ1n) is 10.6. The first-order chi connectivity index (χ1) is 17.6. The molecule has 2 aromatic rings. The zero-order valence-electron chi connectivity index (χ0n) is 19.4. The number of halogens is 4. The Labute approximate surface area is 237 Å². The van der Waals surface area contributed by atoms with E-state index in [0.29, 0.717) is 17.9 Å². The first kappa shape index (κ1) is 29.0. The smallest absolute Gasteiger partial charge is 0.319 e. The largest absolute Gasteiger partial charge is 0.491 e. The number of benzene rings is 2. The highest BCUT2D eigenvalue weighted by molar-refractivity contribution is 8.03. The third kappa shape index (κ3) is 6.46. The van der Waals surface area contributed by atoms with Gasteiger partial charge in [-0.25, -0.2) is 0 Å². The molecule has 0 unspecified atom stereocenters. The average Bonchev–Trinajstić information content (AvgIpc) is 2.86. The molecule has 2 amide bonds. The molecule has 1 aliphatic heterocycles. The number of hydrogen-bond donors (Lipinski definition) is 2. The van der Waals surface area contributed by atoms with E-state index in [2.05, 4.69) is 10.6 Å². The molecule has 2 aromatic carbocycles. The van der Waals surface area contributed by atoms with Gasteiger partial charge in [-0.3, -0.25) is 14.4 Å². The number of allylic oxidation sites excluding steroid dienone is 1. The van der Waals surface area contributed by atoms with Crippen LogP contribution in [0.3, 0.4) is 0 Å². The van der Waals surface area contributed by atoms with Crippen LogP contribution in [0.5, 0.6) is 5.75 Å². The zero-order chi connectivity index (χ0) is 27.3. The van der Waals surface area contributed by atoms with Crippen LogP contribution < -0.4 is 15.4 Å². The minimum absolute atomic E-state index is 0.0323. The molecule has 0 aliphatic carbocycles. The van der Waals surface area contributed by atoms with Crippen molar-refractivity contribution in [2.24, 2.45) is 5.92 Å². The predicted molar refractivity (Wildman–Crippen MR) is 144 cm³/mol. The van der Waals surface area contributed by atoms with Gasteiger partial charge in [-0.1, -0.05) is 64.2 Å². The van der Waals surface area contributed by atoms with E-state index in [4.69, 9.17) is 55.9 Å². The van der Waals surface area contributed by atoms with Crippen molar-refractivity contribution in [3.8, 4) is 11.8 Å². The average molecular weight is 603 g/mol. The van der Waals surface area contributed by atoms with Gasteiger partial charge in [-0.05, 0) is 36.8 Å². The Hall–Kier alpha value is -2.61. The molecule has 3 rings (SSSR count). The Kier molecular flexibility index (Phi) is 9.99. The van der Waals surface area contributed by atoms with Gasteiger partial charge < -0.3 is 20.1 Å². The van der Waals surface area contributed by atoms with Crippen molar-refractivity contribution < 1.29 is 23.9 Å².